The predicted octanol–water partition coefficient (Wildman–Crippen LogP) is 2.28. The summed E-state index contributed by atoms with van der Waals surface area (Å²) >= 11 is 0. The third-order valence-electron chi connectivity index (χ3n) is 2.44. The van der Waals surface area contributed by atoms with Crippen molar-refractivity contribution in [2.75, 3.05) is 0 Å². The molecule has 0 aliphatic rings. The molecule has 0 atom stereocenters. The Bertz CT molecular complexity index is 699. The van der Waals surface area contributed by atoms with Gasteiger partial charge in [-0.25, -0.2) is 22.3 Å². The van der Waals surface area contributed by atoms with Crippen molar-refractivity contribution in [1.82, 2.24) is 0 Å². The molecule has 0 aliphatic carbocycles. The molecule has 6 heteroatoms. The normalized spacial score (nSPS) is 11.5. The van der Waals surface area contributed by atoms with Crippen LogP contribution in [-0.4, -0.2) is 8.42 Å². The summed E-state index contributed by atoms with van der Waals surface area (Å²) < 4.78 is 49.6. The van der Waals surface area contributed by atoms with E-state index in [-0.39, 0.29) is 16.0 Å². The lowest BCUT2D eigenvalue weighted by atomic mass is 10.1. The van der Waals surface area contributed by atoms with Gasteiger partial charge in [-0.1, -0.05) is 30.3 Å². The average Bonchev–Trinajstić information content (AvgIpc) is 2.32. The maximum absolute atomic E-state index is 13.6. The van der Waals surface area contributed by atoms with Crippen LogP contribution in [-0.2, 0) is 10.0 Å². The Morgan fingerprint density at radius 1 is 0.889 bits per heavy atom. The molecule has 3 nitrogen and oxygen atoms in total. The minimum Gasteiger partial charge on any atom is -0.225 e. The summed E-state index contributed by atoms with van der Waals surface area (Å²) in [6, 6.07) is 9.15. The molecule has 0 saturated carbocycles. The van der Waals surface area contributed by atoms with Gasteiger partial charge in [0.05, 0.1) is 4.90 Å². The number of halogens is 2. The van der Waals surface area contributed by atoms with Crippen molar-refractivity contribution in [3.63, 3.8) is 0 Å². The second-order valence-corrected chi connectivity index (χ2v) is 5.17. The Balaban J connectivity index is 2.77. The zero-order valence-corrected chi connectivity index (χ0v) is 9.92. The molecular weight excluding hydrogens is 260 g/mol. The van der Waals surface area contributed by atoms with Crippen LogP contribution in [0.5, 0.6) is 0 Å². The highest BCUT2D eigenvalue weighted by Gasteiger charge is 2.18. The maximum atomic E-state index is 13.6. The quantitative estimate of drug-likeness (QED) is 0.909. The summed E-state index contributed by atoms with van der Waals surface area (Å²) in [6.45, 7) is 0. The van der Waals surface area contributed by atoms with E-state index in [1.807, 2.05) is 0 Å². The van der Waals surface area contributed by atoms with Crippen molar-refractivity contribution < 1.29 is 17.2 Å². The van der Waals surface area contributed by atoms with Gasteiger partial charge in [0.25, 0.3) is 0 Å². The van der Waals surface area contributed by atoms with E-state index in [2.05, 4.69) is 0 Å². The summed E-state index contributed by atoms with van der Waals surface area (Å²) in [5.74, 6) is -2.15. The molecule has 0 bridgehead atoms. The van der Waals surface area contributed by atoms with E-state index < -0.39 is 21.7 Å². The first kappa shape index (κ1) is 12.7. The van der Waals surface area contributed by atoms with Gasteiger partial charge in [0.2, 0.25) is 10.0 Å². The number of primary sulfonamides is 1. The minimum atomic E-state index is -4.00. The van der Waals surface area contributed by atoms with Crippen LogP contribution < -0.4 is 5.14 Å². The number of nitrogens with two attached hydrogens (primary N) is 1. The predicted molar refractivity (Wildman–Crippen MR) is 63.2 cm³/mol. The summed E-state index contributed by atoms with van der Waals surface area (Å²) in [5, 5.41) is 5.04. The maximum Gasteiger partial charge on any atom is 0.238 e. The fourth-order valence-electron chi connectivity index (χ4n) is 1.65. The molecule has 0 unspecified atom stereocenters. The van der Waals surface area contributed by atoms with E-state index >= 15 is 0 Å². The number of hydrogen-bond donors (Lipinski definition) is 1. The highest BCUT2D eigenvalue weighted by molar-refractivity contribution is 7.89. The van der Waals surface area contributed by atoms with Gasteiger partial charge < -0.3 is 0 Å². The highest BCUT2D eigenvalue weighted by atomic mass is 32.2. The van der Waals surface area contributed by atoms with Gasteiger partial charge in [-0.3, -0.25) is 0 Å². The van der Waals surface area contributed by atoms with Crippen molar-refractivity contribution in [3.05, 3.63) is 54.1 Å². The number of benzene rings is 2. The van der Waals surface area contributed by atoms with Crippen LogP contribution in [0.1, 0.15) is 0 Å². The smallest absolute Gasteiger partial charge is 0.225 e. The topological polar surface area (TPSA) is 60.2 Å². The highest BCUT2D eigenvalue weighted by Crippen LogP contribution is 2.29. The molecule has 0 heterocycles. The molecule has 0 saturated heterocycles. The number of hydrogen-bond acceptors (Lipinski definition) is 2. The third-order valence-corrected chi connectivity index (χ3v) is 3.40. The third kappa shape index (κ3) is 2.25. The molecule has 2 aromatic carbocycles. The molecule has 94 valence electrons. The lowest BCUT2D eigenvalue weighted by Gasteiger charge is -2.08. The number of rotatable bonds is 2. The molecule has 0 amide bonds. The minimum absolute atomic E-state index is 0.0389. The summed E-state index contributed by atoms with van der Waals surface area (Å²) in [6.07, 6.45) is 0. The molecule has 0 radical (unpaired) electrons. The Morgan fingerprint density at radius 2 is 1.50 bits per heavy atom. The van der Waals surface area contributed by atoms with Crippen LogP contribution in [0.3, 0.4) is 0 Å². The van der Waals surface area contributed by atoms with E-state index in [0.29, 0.717) is 0 Å². The van der Waals surface area contributed by atoms with Crippen LogP contribution in [0.4, 0.5) is 8.78 Å². The zero-order valence-electron chi connectivity index (χ0n) is 9.10. The fraction of sp³-hybridized carbons (Fsp3) is 0. The molecule has 2 N–H and O–H groups in total. The largest absolute Gasteiger partial charge is 0.238 e. The van der Waals surface area contributed by atoms with E-state index in [1.165, 1.54) is 36.4 Å². The second-order valence-electron chi connectivity index (χ2n) is 3.64. The van der Waals surface area contributed by atoms with Gasteiger partial charge in [-0.2, -0.15) is 0 Å². The zero-order chi connectivity index (χ0) is 13.3. The molecule has 0 fully saturated rings. The Morgan fingerprint density at radius 3 is 2.17 bits per heavy atom. The van der Waals surface area contributed by atoms with Crippen molar-refractivity contribution in [2.24, 2.45) is 5.14 Å². The first-order valence-corrected chi connectivity index (χ1v) is 6.52. The molecule has 0 aromatic heterocycles. The van der Waals surface area contributed by atoms with Gasteiger partial charge in [-0.15, -0.1) is 0 Å². The van der Waals surface area contributed by atoms with Crippen LogP contribution in [0.2, 0.25) is 0 Å². The van der Waals surface area contributed by atoms with Gasteiger partial charge in [0.15, 0.2) is 11.6 Å². The molecule has 18 heavy (non-hydrogen) atoms. The van der Waals surface area contributed by atoms with E-state index in [4.69, 9.17) is 5.14 Å². The molecule has 0 spiro atoms. The number of sulfonamides is 1. The standard InChI is InChI=1S/C12H9F2NO2S/c13-10-6-3-5-9(12(10)14)8-4-1-2-7-11(8)18(15,16)17/h1-7H,(H2,15,16,17). The molecule has 2 aromatic rings. The van der Waals surface area contributed by atoms with E-state index in [1.54, 1.807) is 0 Å². The first-order chi connectivity index (χ1) is 8.41. The fourth-order valence-corrected chi connectivity index (χ4v) is 2.40. The van der Waals surface area contributed by atoms with Crippen LogP contribution >= 0.6 is 0 Å². The average molecular weight is 269 g/mol. The van der Waals surface area contributed by atoms with Gasteiger partial charge in [0.1, 0.15) is 0 Å². The van der Waals surface area contributed by atoms with Gasteiger partial charge in [-0.05, 0) is 12.1 Å². The van der Waals surface area contributed by atoms with E-state index in [0.717, 1.165) is 6.07 Å². The summed E-state index contributed by atoms with van der Waals surface area (Å²) in [7, 11) is -4.00. The summed E-state index contributed by atoms with van der Waals surface area (Å²) in [4.78, 5) is -0.241. The molecular formula is C12H9F2NO2S. The van der Waals surface area contributed by atoms with Crippen LogP contribution in [0.15, 0.2) is 47.4 Å². The van der Waals surface area contributed by atoms with Crippen molar-refractivity contribution >= 4 is 10.0 Å². The Kier molecular flexibility index (Phi) is 3.14. The van der Waals surface area contributed by atoms with Gasteiger partial charge >= 0.3 is 0 Å². The SMILES string of the molecule is NS(=O)(=O)c1ccccc1-c1cccc(F)c1F. The molecule has 0 aliphatic heterocycles. The lowest BCUT2D eigenvalue weighted by molar-refractivity contribution is 0.511. The summed E-state index contributed by atoms with van der Waals surface area (Å²) in [5.41, 5.74) is -0.100. The van der Waals surface area contributed by atoms with E-state index in [9.17, 15) is 17.2 Å². The second kappa shape index (κ2) is 4.47. The first-order valence-electron chi connectivity index (χ1n) is 4.97. The monoisotopic (exact) mass is 269 g/mol. The van der Waals surface area contributed by atoms with Gasteiger partial charge in [0, 0.05) is 11.1 Å². The Labute approximate surface area is 103 Å². The van der Waals surface area contributed by atoms with Crippen molar-refractivity contribution in [2.45, 2.75) is 4.90 Å². The van der Waals surface area contributed by atoms with Crippen molar-refractivity contribution in [1.29, 1.82) is 0 Å². The molecule has 2 rings (SSSR count). The van der Waals surface area contributed by atoms with Crippen LogP contribution in [0, 0.1) is 11.6 Å². The van der Waals surface area contributed by atoms with Crippen molar-refractivity contribution in [3.8, 4) is 11.1 Å². The Hall–Kier alpha value is -1.79. The van der Waals surface area contributed by atoms with Crippen LogP contribution in [0.25, 0.3) is 11.1 Å². The lowest BCUT2D eigenvalue weighted by Crippen LogP contribution is -2.13.